The Balaban J connectivity index is 1.86. The number of amides is 1. The van der Waals surface area contributed by atoms with Crippen molar-refractivity contribution in [3.05, 3.63) is 52.0 Å². The number of hydrogen-bond acceptors (Lipinski definition) is 3. The van der Waals surface area contributed by atoms with Gasteiger partial charge in [0, 0.05) is 37.7 Å². The molecule has 0 bridgehead atoms. The normalized spacial score (nSPS) is 18.0. The Bertz CT molecular complexity index is 840. The van der Waals surface area contributed by atoms with E-state index in [0.717, 1.165) is 18.7 Å². The van der Waals surface area contributed by atoms with Crippen molar-refractivity contribution in [1.82, 2.24) is 19.2 Å². The van der Waals surface area contributed by atoms with E-state index >= 15 is 0 Å². The van der Waals surface area contributed by atoms with Crippen LogP contribution in [0.2, 0.25) is 0 Å². The average Bonchev–Trinajstić information content (AvgIpc) is 2.90. The lowest BCUT2D eigenvalue weighted by molar-refractivity contribution is 0.0702. The van der Waals surface area contributed by atoms with Crippen LogP contribution in [0.4, 0.5) is 4.39 Å². The Morgan fingerprint density at radius 1 is 1.36 bits per heavy atom. The number of halogens is 1. The molecule has 134 valence electrons. The van der Waals surface area contributed by atoms with Crippen LogP contribution in [0.1, 0.15) is 54.8 Å². The second-order valence-corrected chi connectivity index (χ2v) is 6.83. The number of aryl methyl sites for hydroxylation is 1. The van der Waals surface area contributed by atoms with Gasteiger partial charge in [-0.15, -0.1) is 0 Å². The third-order valence-corrected chi connectivity index (χ3v) is 4.64. The predicted octanol–water partition coefficient (Wildman–Crippen LogP) is 2.32. The van der Waals surface area contributed by atoms with Gasteiger partial charge in [0.15, 0.2) is 0 Å². The molecule has 0 radical (unpaired) electrons. The largest absolute Gasteiger partial charge is 0.345 e. The molecular formula is C18H23FN4O2. The van der Waals surface area contributed by atoms with Gasteiger partial charge in [0.1, 0.15) is 11.6 Å². The van der Waals surface area contributed by atoms with Crippen molar-refractivity contribution in [2.24, 2.45) is 7.05 Å². The molecule has 2 aromatic rings. The summed E-state index contributed by atoms with van der Waals surface area (Å²) >= 11 is 0. The van der Waals surface area contributed by atoms with Crippen LogP contribution in [0.25, 0.3) is 0 Å². The fourth-order valence-electron chi connectivity index (χ4n) is 3.44. The summed E-state index contributed by atoms with van der Waals surface area (Å²) in [4.78, 5) is 26.7. The average molecular weight is 346 g/mol. The van der Waals surface area contributed by atoms with Crippen molar-refractivity contribution < 1.29 is 9.18 Å². The number of likely N-dealkylation sites (tertiary alicyclic amines) is 1. The van der Waals surface area contributed by atoms with E-state index < -0.39 is 5.82 Å². The van der Waals surface area contributed by atoms with Crippen LogP contribution in [-0.2, 0) is 7.05 Å². The Hall–Kier alpha value is -2.44. The molecule has 2 heterocycles. The van der Waals surface area contributed by atoms with E-state index in [1.807, 2.05) is 13.8 Å². The molecule has 3 rings (SSSR count). The molecule has 1 aromatic heterocycles. The number of hydrogen-bond donors (Lipinski definition) is 0. The quantitative estimate of drug-likeness (QED) is 0.857. The summed E-state index contributed by atoms with van der Waals surface area (Å²) in [6.45, 7) is 5.01. The predicted molar refractivity (Wildman–Crippen MR) is 92.1 cm³/mol. The van der Waals surface area contributed by atoms with Gasteiger partial charge < -0.3 is 4.90 Å². The van der Waals surface area contributed by atoms with Crippen molar-refractivity contribution >= 4 is 5.91 Å². The van der Waals surface area contributed by atoms with Crippen LogP contribution >= 0.6 is 0 Å². The molecule has 1 fully saturated rings. The molecule has 0 saturated carbocycles. The fourth-order valence-corrected chi connectivity index (χ4v) is 3.44. The number of nitrogens with zero attached hydrogens (tertiary/aromatic N) is 4. The van der Waals surface area contributed by atoms with Crippen LogP contribution in [0.3, 0.4) is 0 Å². The third kappa shape index (κ3) is 3.36. The molecule has 1 atom stereocenters. The highest BCUT2D eigenvalue weighted by Crippen LogP contribution is 2.27. The molecule has 25 heavy (non-hydrogen) atoms. The second kappa shape index (κ2) is 6.82. The third-order valence-electron chi connectivity index (χ3n) is 4.64. The highest BCUT2D eigenvalue weighted by Gasteiger charge is 2.30. The zero-order valence-corrected chi connectivity index (χ0v) is 14.8. The SMILES string of the molecule is CC(C)n1c(C2CCCN(C(=O)c3cccc(F)c3)C2)nn(C)c1=O. The summed E-state index contributed by atoms with van der Waals surface area (Å²) in [5.74, 6) is 0.123. The van der Waals surface area contributed by atoms with E-state index in [2.05, 4.69) is 5.10 Å². The zero-order chi connectivity index (χ0) is 18.1. The van der Waals surface area contributed by atoms with Gasteiger partial charge in [0.25, 0.3) is 5.91 Å². The molecular weight excluding hydrogens is 323 g/mol. The first-order chi connectivity index (χ1) is 11.9. The Labute approximate surface area is 145 Å². The molecule has 1 aromatic carbocycles. The lowest BCUT2D eigenvalue weighted by Gasteiger charge is -2.32. The standard InChI is InChI=1S/C18H23FN4O2/c1-12(2)23-16(20-21(3)18(23)25)14-7-5-9-22(11-14)17(24)13-6-4-8-15(19)10-13/h4,6,8,10,12,14H,5,7,9,11H2,1-3H3. The van der Waals surface area contributed by atoms with E-state index in [1.54, 1.807) is 28.6 Å². The summed E-state index contributed by atoms with van der Waals surface area (Å²) in [6, 6.07) is 5.76. The summed E-state index contributed by atoms with van der Waals surface area (Å²) in [6.07, 6.45) is 1.70. The molecule has 1 unspecified atom stereocenters. The van der Waals surface area contributed by atoms with E-state index in [1.165, 1.54) is 16.8 Å². The summed E-state index contributed by atoms with van der Waals surface area (Å²) < 4.78 is 16.4. The van der Waals surface area contributed by atoms with E-state index in [-0.39, 0.29) is 23.6 Å². The lowest BCUT2D eigenvalue weighted by atomic mass is 9.96. The second-order valence-electron chi connectivity index (χ2n) is 6.83. The van der Waals surface area contributed by atoms with Crippen LogP contribution in [-0.4, -0.2) is 38.2 Å². The van der Waals surface area contributed by atoms with Gasteiger partial charge in [-0.25, -0.2) is 13.9 Å². The number of carbonyl (C=O) groups is 1. The maximum absolute atomic E-state index is 13.4. The minimum absolute atomic E-state index is 0.00237. The summed E-state index contributed by atoms with van der Waals surface area (Å²) in [5.41, 5.74) is 0.210. The molecule has 1 amide bonds. The Morgan fingerprint density at radius 2 is 2.12 bits per heavy atom. The first-order valence-electron chi connectivity index (χ1n) is 8.58. The number of rotatable bonds is 3. The van der Waals surface area contributed by atoms with Crippen molar-refractivity contribution in [1.29, 1.82) is 0 Å². The number of aromatic nitrogens is 3. The molecule has 7 heteroatoms. The van der Waals surface area contributed by atoms with Crippen LogP contribution in [0, 0.1) is 5.82 Å². The smallest absolute Gasteiger partial charge is 0.338 e. The summed E-state index contributed by atoms with van der Waals surface area (Å²) in [7, 11) is 1.64. The van der Waals surface area contributed by atoms with Gasteiger partial charge in [0.2, 0.25) is 0 Å². The van der Waals surface area contributed by atoms with Gasteiger partial charge in [-0.1, -0.05) is 6.07 Å². The van der Waals surface area contributed by atoms with E-state index in [4.69, 9.17) is 0 Å². The lowest BCUT2D eigenvalue weighted by Crippen LogP contribution is -2.40. The minimum Gasteiger partial charge on any atom is -0.338 e. The van der Waals surface area contributed by atoms with E-state index in [9.17, 15) is 14.0 Å². The van der Waals surface area contributed by atoms with Crippen molar-refractivity contribution in [3.63, 3.8) is 0 Å². The van der Waals surface area contributed by atoms with Crippen molar-refractivity contribution in [2.75, 3.05) is 13.1 Å². The van der Waals surface area contributed by atoms with Gasteiger partial charge in [-0.05, 0) is 44.9 Å². The molecule has 1 aliphatic heterocycles. The highest BCUT2D eigenvalue weighted by molar-refractivity contribution is 5.94. The highest BCUT2D eigenvalue weighted by atomic mass is 19.1. The Kier molecular flexibility index (Phi) is 4.74. The maximum atomic E-state index is 13.4. The van der Waals surface area contributed by atoms with Crippen LogP contribution in [0.15, 0.2) is 29.1 Å². The molecule has 1 saturated heterocycles. The minimum atomic E-state index is -0.419. The number of benzene rings is 1. The van der Waals surface area contributed by atoms with Crippen molar-refractivity contribution in [2.45, 2.75) is 38.6 Å². The van der Waals surface area contributed by atoms with Crippen molar-refractivity contribution in [3.8, 4) is 0 Å². The molecule has 0 N–H and O–H groups in total. The molecule has 1 aliphatic rings. The summed E-state index contributed by atoms with van der Waals surface area (Å²) in [5, 5.41) is 4.40. The number of piperidine rings is 1. The maximum Gasteiger partial charge on any atom is 0.345 e. The van der Waals surface area contributed by atoms with Gasteiger partial charge in [-0.2, -0.15) is 5.10 Å². The topological polar surface area (TPSA) is 60.1 Å². The fraction of sp³-hybridized carbons (Fsp3) is 0.500. The Morgan fingerprint density at radius 3 is 2.80 bits per heavy atom. The zero-order valence-electron chi connectivity index (χ0n) is 14.8. The first-order valence-corrected chi connectivity index (χ1v) is 8.58. The molecule has 0 spiro atoms. The van der Waals surface area contributed by atoms with Gasteiger partial charge in [0.05, 0.1) is 0 Å². The monoisotopic (exact) mass is 346 g/mol. The van der Waals surface area contributed by atoms with Crippen LogP contribution in [0.5, 0.6) is 0 Å². The number of carbonyl (C=O) groups excluding carboxylic acids is 1. The first kappa shape index (κ1) is 17.4. The van der Waals surface area contributed by atoms with Gasteiger partial charge in [-0.3, -0.25) is 9.36 Å². The van der Waals surface area contributed by atoms with Gasteiger partial charge >= 0.3 is 5.69 Å². The molecule has 6 nitrogen and oxygen atoms in total. The van der Waals surface area contributed by atoms with Crippen LogP contribution < -0.4 is 5.69 Å². The van der Waals surface area contributed by atoms with E-state index in [0.29, 0.717) is 18.7 Å². The molecule has 0 aliphatic carbocycles.